The Kier molecular flexibility index (Phi) is 3.52. The normalized spacial score (nSPS) is 56.5. The molecule has 4 unspecified atom stereocenters. The number of alkyl halides is 1. The molecule has 0 spiro atoms. The molecule has 4 rings (SSSR count). The summed E-state index contributed by atoms with van der Waals surface area (Å²) in [4.78, 5) is 12.4. The number of carbonyl (C=O) groups is 1. The van der Waals surface area contributed by atoms with Crippen molar-refractivity contribution in [1.29, 1.82) is 0 Å². The first-order valence-corrected chi connectivity index (χ1v) is 10.4. The zero-order chi connectivity index (χ0) is 14.8. The maximum Gasteiger partial charge on any atom is 0.139 e. The smallest absolute Gasteiger partial charge is 0.139 e. The summed E-state index contributed by atoms with van der Waals surface area (Å²) in [6.07, 6.45) is 11.8. The molecule has 0 amide bonds. The van der Waals surface area contributed by atoms with Crippen molar-refractivity contribution in [2.45, 2.75) is 75.6 Å². The van der Waals surface area contributed by atoms with E-state index >= 15 is 0 Å². The Hall–Kier alpha value is 0.400. The van der Waals surface area contributed by atoms with Crippen molar-refractivity contribution in [3.05, 3.63) is 0 Å². The zero-order valence-corrected chi connectivity index (χ0v) is 15.7. The second-order valence-corrected chi connectivity index (χ2v) is 10.7. The van der Waals surface area contributed by atoms with Crippen LogP contribution in [0.25, 0.3) is 0 Å². The van der Waals surface area contributed by atoms with Crippen LogP contribution < -0.4 is 0 Å². The lowest BCUT2D eigenvalue weighted by molar-refractivity contribution is -0.138. The minimum atomic E-state index is 0.0603. The predicted molar refractivity (Wildman–Crippen MR) is 94.5 cm³/mol. The predicted octanol–water partition coefficient (Wildman–Crippen LogP) is 5.40. The first-order valence-electron chi connectivity index (χ1n) is 9.12. The minimum absolute atomic E-state index is 0.0603. The third kappa shape index (κ3) is 2.03. The lowest BCUT2D eigenvalue weighted by atomic mass is 9.45. The van der Waals surface area contributed by atoms with Gasteiger partial charge in [0.2, 0.25) is 0 Å². The van der Waals surface area contributed by atoms with Gasteiger partial charge in [0.25, 0.3) is 0 Å². The van der Waals surface area contributed by atoms with E-state index in [0.29, 0.717) is 11.2 Å². The lowest BCUT2D eigenvalue weighted by Crippen LogP contribution is -2.53. The molecule has 0 aromatic rings. The molecular weight excluding hydrogens is 371 g/mol. The highest BCUT2D eigenvalue weighted by Gasteiger charge is 2.59. The van der Waals surface area contributed by atoms with Crippen LogP contribution in [0.2, 0.25) is 0 Å². The average molecular weight is 400 g/mol. The van der Waals surface area contributed by atoms with Crippen molar-refractivity contribution in [2.24, 2.45) is 34.5 Å². The largest absolute Gasteiger partial charge is 0.299 e. The van der Waals surface area contributed by atoms with Gasteiger partial charge >= 0.3 is 0 Å². The molecule has 7 atom stereocenters. The van der Waals surface area contributed by atoms with Crippen molar-refractivity contribution in [3.8, 4) is 0 Å². The summed E-state index contributed by atoms with van der Waals surface area (Å²) < 4.78 is 0.916. The SMILES string of the molecule is C[C@]12CC[C@@H](I)CC1CCC1C2CC[C@]2(C)C(=O)CCC12. The molecule has 4 fully saturated rings. The van der Waals surface area contributed by atoms with Gasteiger partial charge in [0.15, 0.2) is 0 Å². The Morgan fingerprint density at radius 2 is 1.81 bits per heavy atom. The number of ketones is 1. The van der Waals surface area contributed by atoms with Crippen LogP contribution in [0.15, 0.2) is 0 Å². The fourth-order valence-corrected chi connectivity index (χ4v) is 7.90. The highest BCUT2D eigenvalue weighted by atomic mass is 127. The molecule has 118 valence electrons. The van der Waals surface area contributed by atoms with E-state index in [1.807, 2.05) is 0 Å². The molecule has 0 radical (unpaired) electrons. The number of hydrogen-bond acceptors (Lipinski definition) is 1. The number of Topliss-reactive ketones (excluding diaryl/α,β-unsaturated/α-hetero) is 1. The topological polar surface area (TPSA) is 17.1 Å². The minimum Gasteiger partial charge on any atom is -0.299 e. The number of halogens is 1. The summed E-state index contributed by atoms with van der Waals surface area (Å²) in [6.45, 7) is 4.93. The standard InChI is InChI=1S/C19H29IO/c1-18-9-7-13(20)11-12(18)3-4-14-15-5-6-17(21)19(15,2)10-8-16(14)18/h12-16H,3-11H2,1-2H3/t12?,13-,14?,15?,16?,18+,19+/m1/s1. The molecule has 0 aromatic carbocycles. The van der Waals surface area contributed by atoms with Crippen LogP contribution in [0.4, 0.5) is 0 Å². The summed E-state index contributed by atoms with van der Waals surface area (Å²) >= 11 is 2.69. The van der Waals surface area contributed by atoms with Gasteiger partial charge in [0.05, 0.1) is 0 Å². The van der Waals surface area contributed by atoms with E-state index in [2.05, 4.69) is 36.4 Å². The van der Waals surface area contributed by atoms with Crippen LogP contribution in [-0.2, 0) is 4.79 Å². The van der Waals surface area contributed by atoms with E-state index in [4.69, 9.17) is 0 Å². The maximum absolute atomic E-state index is 12.4. The molecule has 0 aromatic heterocycles. The van der Waals surface area contributed by atoms with Crippen LogP contribution in [0.3, 0.4) is 0 Å². The summed E-state index contributed by atoms with van der Waals surface area (Å²) in [5.41, 5.74) is 0.655. The van der Waals surface area contributed by atoms with Crippen molar-refractivity contribution in [3.63, 3.8) is 0 Å². The molecule has 0 heterocycles. The van der Waals surface area contributed by atoms with Crippen LogP contribution in [0.5, 0.6) is 0 Å². The van der Waals surface area contributed by atoms with Crippen LogP contribution in [0, 0.1) is 34.5 Å². The molecule has 1 nitrogen and oxygen atoms in total. The Morgan fingerprint density at radius 1 is 1.00 bits per heavy atom. The van der Waals surface area contributed by atoms with Gasteiger partial charge in [-0.25, -0.2) is 0 Å². The van der Waals surface area contributed by atoms with Gasteiger partial charge in [-0.3, -0.25) is 4.79 Å². The van der Waals surface area contributed by atoms with E-state index in [-0.39, 0.29) is 5.41 Å². The van der Waals surface area contributed by atoms with Gasteiger partial charge < -0.3 is 0 Å². The van der Waals surface area contributed by atoms with Crippen molar-refractivity contribution in [2.75, 3.05) is 0 Å². The zero-order valence-electron chi connectivity index (χ0n) is 13.5. The number of fused-ring (bicyclic) bond motifs is 5. The average Bonchev–Trinajstić information content (AvgIpc) is 2.76. The third-order valence-electron chi connectivity index (χ3n) is 8.31. The molecule has 2 heteroatoms. The van der Waals surface area contributed by atoms with Gasteiger partial charge in [-0.1, -0.05) is 36.4 Å². The van der Waals surface area contributed by atoms with E-state index in [9.17, 15) is 4.79 Å². The molecule has 0 aliphatic heterocycles. The Labute approximate surface area is 143 Å². The van der Waals surface area contributed by atoms with E-state index in [1.54, 1.807) is 0 Å². The summed E-state index contributed by atoms with van der Waals surface area (Å²) in [7, 11) is 0. The molecule has 21 heavy (non-hydrogen) atoms. The second kappa shape index (κ2) is 4.95. The van der Waals surface area contributed by atoms with Crippen molar-refractivity contribution >= 4 is 28.4 Å². The summed E-state index contributed by atoms with van der Waals surface area (Å²) in [6, 6.07) is 0. The van der Waals surface area contributed by atoms with Crippen molar-refractivity contribution < 1.29 is 4.79 Å². The van der Waals surface area contributed by atoms with E-state index in [1.165, 1.54) is 51.4 Å². The first kappa shape index (κ1) is 15.0. The van der Waals surface area contributed by atoms with E-state index < -0.39 is 0 Å². The number of hydrogen-bond donors (Lipinski definition) is 0. The first-order chi connectivity index (χ1) is 9.95. The molecule has 0 bridgehead atoms. The second-order valence-electron chi connectivity index (χ2n) is 8.95. The number of rotatable bonds is 0. The summed E-state index contributed by atoms with van der Waals surface area (Å²) in [5, 5.41) is 0. The molecule has 0 N–H and O–H groups in total. The Morgan fingerprint density at radius 3 is 2.62 bits per heavy atom. The van der Waals surface area contributed by atoms with Crippen molar-refractivity contribution in [1.82, 2.24) is 0 Å². The van der Waals surface area contributed by atoms with E-state index in [0.717, 1.165) is 34.0 Å². The monoisotopic (exact) mass is 400 g/mol. The quantitative estimate of drug-likeness (QED) is 0.393. The summed E-state index contributed by atoms with van der Waals surface area (Å²) in [5.74, 6) is 4.07. The highest BCUT2D eigenvalue weighted by Crippen LogP contribution is 2.65. The van der Waals surface area contributed by atoms with Gasteiger partial charge in [-0.2, -0.15) is 0 Å². The number of carbonyl (C=O) groups excluding carboxylic acids is 1. The van der Waals surface area contributed by atoms with Crippen LogP contribution >= 0.6 is 22.6 Å². The molecule has 4 aliphatic rings. The Balaban J connectivity index is 1.64. The third-order valence-corrected chi connectivity index (χ3v) is 9.44. The lowest BCUT2D eigenvalue weighted by Gasteiger charge is -2.60. The van der Waals surface area contributed by atoms with Gasteiger partial charge in [-0.15, -0.1) is 0 Å². The molecule has 4 saturated carbocycles. The molecule has 4 aliphatic carbocycles. The maximum atomic E-state index is 12.4. The Bertz CT molecular complexity index is 460. The van der Waals surface area contributed by atoms with Gasteiger partial charge in [0, 0.05) is 15.8 Å². The highest BCUT2D eigenvalue weighted by molar-refractivity contribution is 14.1. The van der Waals surface area contributed by atoms with Crippen LogP contribution in [0.1, 0.15) is 71.6 Å². The fourth-order valence-electron chi connectivity index (χ4n) is 6.98. The molecule has 0 saturated heterocycles. The molecular formula is C19H29IO. The fraction of sp³-hybridized carbons (Fsp3) is 0.947. The van der Waals surface area contributed by atoms with Gasteiger partial charge in [-0.05, 0) is 80.5 Å². The van der Waals surface area contributed by atoms with Crippen LogP contribution in [-0.4, -0.2) is 9.71 Å². The van der Waals surface area contributed by atoms with Gasteiger partial charge in [0.1, 0.15) is 5.78 Å².